The Kier molecular flexibility index (Phi) is 4.95. The summed E-state index contributed by atoms with van der Waals surface area (Å²) in [4.78, 5) is 10.7. The predicted octanol–water partition coefficient (Wildman–Crippen LogP) is 2.68. The first-order chi connectivity index (χ1) is 7.99. The van der Waals surface area contributed by atoms with Crippen LogP contribution in [0.5, 0.6) is 5.75 Å². The third-order valence-electron chi connectivity index (χ3n) is 2.00. The summed E-state index contributed by atoms with van der Waals surface area (Å²) >= 11 is 6.60. The van der Waals surface area contributed by atoms with E-state index in [2.05, 4.69) is 37.0 Å². The second-order valence-corrected chi connectivity index (χ2v) is 4.83. The average Bonchev–Trinajstić information content (AvgIpc) is 2.25. The zero-order valence-corrected chi connectivity index (χ0v) is 11.9. The van der Waals surface area contributed by atoms with Gasteiger partial charge in [-0.2, -0.15) is 0 Å². The first-order valence-corrected chi connectivity index (χ1v) is 6.04. The van der Waals surface area contributed by atoms with Crippen LogP contribution < -0.4 is 4.74 Å². The van der Waals surface area contributed by atoms with Crippen molar-refractivity contribution in [3.63, 3.8) is 0 Å². The van der Waals surface area contributed by atoms with Gasteiger partial charge in [-0.25, -0.2) is 4.79 Å². The van der Waals surface area contributed by atoms with Gasteiger partial charge in [-0.1, -0.05) is 5.16 Å². The molecule has 1 aromatic carbocycles. The third kappa shape index (κ3) is 3.44. The Morgan fingerprint density at radius 2 is 1.94 bits per heavy atom. The Morgan fingerprint density at radius 3 is 2.29 bits per heavy atom. The number of ether oxygens (including phenoxy) is 1. The normalized spacial score (nSPS) is 11.4. The van der Waals surface area contributed by atoms with Crippen molar-refractivity contribution in [3.8, 4) is 5.75 Å². The fourth-order valence-electron chi connectivity index (χ4n) is 1.26. The van der Waals surface area contributed by atoms with Crippen molar-refractivity contribution in [3.05, 3.63) is 26.6 Å². The van der Waals surface area contributed by atoms with Crippen molar-refractivity contribution in [2.45, 2.75) is 6.42 Å². The number of carboxylic acid groups (broad SMARTS) is 1. The molecular formula is C10H9Br2NO4. The van der Waals surface area contributed by atoms with Crippen LogP contribution in [-0.2, 0) is 11.2 Å². The molecule has 1 aromatic rings. The van der Waals surface area contributed by atoms with Crippen molar-refractivity contribution in [1.82, 2.24) is 0 Å². The smallest absolute Gasteiger partial charge is 0.354 e. The van der Waals surface area contributed by atoms with Gasteiger partial charge in [0.15, 0.2) is 5.71 Å². The van der Waals surface area contributed by atoms with E-state index in [1.807, 2.05) is 0 Å². The summed E-state index contributed by atoms with van der Waals surface area (Å²) in [5.41, 5.74) is 0.355. The highest BCUT2D eigenvalue weighted by atomic mass is 79.9. The molecule has 0 heterocycles. The molecule has 0 radical (unpaired) electrons. The fraction of sp³-hybridized carbons (Fsp3) is 0.200. The van der Waals surface area contributed by atoms with E-state index in [1.54, 1.807) is 12.1 Å². The van der Waals surface area contributed by atoms with Crippen molar-refractivity contribution in [1.29, 1.82) is 0 Å². The molecule has 0 saturated carbocycles. The first kappa shape index (κ1) is 14.0. The fourth-order valence-corrected chi connectivity index (χ4v) is 2.86. The molecule has 1 rings (SSSR count). The lowest BCUT2D eigenvalue weighted by atomic mass is 10.1. The van der Waals surface area contributed by atoms with E-state index in [1.165, 1.54) is 7.11 Å². The Morgan fingerprint density at radius 1 is 1.41 bits per heavy atom. The Bertz CT molecular complexity index is 450. The minimum Gasteiger partial charge on any atom is -0.494 e. The van der Waals surface area contributed by atoms with Crippen LogP contribution in [0, 0.1) is 0 Å². The highest BCUT2D eigenvalue weighted by molar-refractivity contribution is 9.11. The van der Waals surface area contributed by atoms with Crippen molar-refractivity contribution < 1.29 is 19.8 Å². The SMILES string of the molecule is COc1c(Br)cc(C/C(=N\O)C(=O)O)cc1Br. The molecule has 92 valence electrons. The number of benzene rings is 1. The summed E-state index contributed by atoms with van der Waals surface area (Å²) in [5, 5.41) is 20.0. The lowest BCUT2D eigenvalue weighted by Gasteiger charge is -2.08. The third-order valence-corrected chi connectivity index (χ3v) is 3.18. The Balaban J connectivity index is 3.06. The molecule has 17 heavy (non-hydrogen) atoms. The number of rotatable bonds is 4. The number of halogens is 2. The molecule has 0 aliphatic carbocycles. The molecule has 0 fully saturated rings. The largest absolute Gasteiger partial charge is 0.494 e. The topological polar surface area (TPSA) is 79.1 Å². The van der Waals surface area contributed by atoms with Crippen molar-refractivity contribution in [2.75, 3.05) is 7.11 Å². The molecular weight excluding hydrogens is 358 g/mol. The van der Waals surface area contributed by atoms with Gasteiger partial charge in [-0.15, -0.1) is 0 Å². The van der Waals surface area contributed by atoms with Gasteiger partial charge in [-0.3, -0.25) is 0 Å². The van der Waals surface area contributed by atoms with Gasteiger partial charge in [-0.05, 0) is 49.6 Å². The summed E-state index contributed by atoms with van der Waals surface area (Å²) in [7, 11) is 1.53. The van der Waals surface area contributed by atoms with E-state index >= 15 is 0 Å². The van der Waals surface area contributed by atoms with Gasteiger partial charge in [0.05, 0.1) is 16.1 Å². The molecule has 0 atom stereocenters. The average molecular weight is 367 g/mol. The maximum atomic E-state index is 10.7. The number of hydrogen-bond donors (Lipinski definition) is 2. The van der Waals surface area contributed by atoms with E-state index in [0.29, 0.717) is 20.3 Å². The molecule has 0 aromatic heterocycles. The highest BCUT2D eigenvalue weighted by Gasteiger charge is 2.14. The molecule has 0 aliphatic heterocycles. The molecule has 0 spiro atoms. The maximum absolute atomic E-state index is 10.7. The minimum absolute atomic E-state index is 0.0209. The zero-order valence-electron chi connectivity index (χ0n) is 8.78. The molecule has 2 N–H and O–H groups in total. The molecule has 0 unspecified atom stereocenters. The number of carbonyl (C=O) groups is 1. The summed E-state index contributed by atoms with van der Waals surface area (Å²) in [6.07, 6.45) is 0.0209. The van der Waals surface area contributed by atoms with Crippen molar-refractivity contribution in [2.24, 2.45) is 5.16 Å². The van der Waals surface area contributed by atoms with Crippen LogP contribution >= 0.6 is 31.9 Å². The number of methoxy groups -OCH3 is 1. The minimum atomic E-state index is -1.25. The highest BCUT2D eigenvalue weighted by Crippen LogP contribution is 2.34. The Hall–Kier alpha value is -1.08. The van der Waals surface area contributed by atoms with E-state index in [4.69, 9.17) is 15.1 Å². The first-order valence-electron chi connectivity index (χ1n) is 4.45. The van der Waals surface area contributed by atoms with Gasteiger partial charge in [0, 0.05) is 6.42 Å². The molecule has 0 aliphatic rings. The second kappa shape index (κ2) is 6.02. The second-order valence-electron chi connectivity index (χ2n) is 3.12. The summed E-state index contributed by atoms with van der Waals surface area (Å²) < 4.78 is 6.49. The summed E-state index contributed by atoms with van der Waals surface area (Å²) in [6, 6.07) is 3.41. The monoisotopic (exact) mass is 365 g/mol. The van der Waals surface area contributed by atoms with Crippen molar-refractivity contribution >= 4 is 43.5 Å². The van der Waals surface area contributed by atoms with Gasteiger partial charge in [0.2, 0.25) is 0 Å². The van der Waals surface area contributed by atoms with Gasteiger partial charge in [0.1, 0.15) is 5.75 Å². The number of hydrogen-bond acceptors (Lipinski definition) is 4. The molecule has 7 heteroatoms. The van der Waals surface area contributed by atoms with Gasteiger partial charge < -0.3 is 15.1 Å². The number of nitrogens with zero attached hydrogens (tertiary/aromatic N) is 1. The summed E-state index contributed by atoms with van der Waals surface area (Å²) in [5.74, 6) is -0.637. The van der Waals surface area contributed by atoms with E-state index in [-0.39, 0.29) is 12.1 Å². The van der Waals surface area contributed by atoms with E-state index < -0.39 is 5.97 Å². The van der Waals surface area contributed by atoms with Crippen LogP contribution in [-0.4, -0.2) is 29.1 Å². The van der Waals surface area contributed by atoms with Gasteiger partial charge >= 0.3 is 5.97 Å². The number of aliphatic carboxylic acids is 1. The van der Waals surface area contributed by atoms with Crippen LogP contribution in [0.1, 0.15) is 5.56 Å². The molecule has 0 bridgehead atoms. The van der Waals surface area contributed by atoms with Crippen LogP contribution in [0.2, 0.25) is 0 Å². The zero-order chi connectivity index (χ0) is 13.0. The lowest BCUT2D eigenvalue weighted by Crippen LogP contribution is -2.15. The molecule has 0 saturated heterocycles. The van der Waals surface area contributed by atoms with Crippen LogP contribution in [0.4, 0.5) is 0 Å². The van der Waals surface area contributed by atoms with Gasteiger partial charge in [0.25, 0.3) is 0 Å². The number of carboxylic acids is 1. The standard InChI is InChI=1S/C10H9Br2NO4/c1-17-9-6(11)2-5(3-7(9)12)4-8(13-16)10(14)15/h2-3,16H,4H2,1H3,(H,14,15)/b13-8+. The number of oxime groups is 1. The van der Waals surface area contributed by atoms with E-state index in [0.717, 1.165) is 0 Å². The van der Waals surface area contributed by atoms with Crippen LogP contribution in [0.3, 0.4) is 0 Å². The predicted molar refractivity (Wildman–Crippen MR) is 69.0 cm³/mol. The molecule has 0 amide bonds. The molecule has 5 nitrogen and oxygen atoms in total. The van der Waals surface area contributed by atoms with Crippen LogP contribution in [0.15, 0.2) is 26.2 Å². The van der Waals surface area contributed by atoms with Crippen LogP contribution in [0.25, 0.3) is 0 Å². The lowest BCUT2D eigenvalue weighted by molar-refractivity contribution is -0.129. The summed E-state index contributed by atoms with van der Waals surface area (Å²) in [6.45, 7) is 0. The quantitative estimate of drug-likeness (QED) is 0.487. The Labute approximate surface area is 114 Å². The maximum Gasteiger partial charge on any atom is 0.354 e. The van der Waals surface area contributed by atoms with E-state index in [9.17, 15) is 4.79 Å².